The number of aryl methyl sites for hydroxylation is 2. The Hall–Kier alpha value is -2.43. The van der Waals surface area contributed by atoms with Gasteiger partial charge in [0.2, 0.25) is 0 Å². The summed E-state index contributed by atoms with van der Waals surface area (Å²) in [6.07, 6.45) is 2.66. The fourth-order valence-corrected chi connectivity index (χ4v) is 3.38. The van der Waals surface area contributed by atoms with Crippen molar-refractivity contribution in [1.29, 1.82) is 0 Å². The Labute approximate surface area is 141 Å². The molecule has 0 bridgehead atoms. The van der Waals surface area contributed by atoms with Crippen LogP contribution in [0.15, 0.2) is 29.1 Å². The topological polar surface area (TPSA) is 66.1 Å². The van der Waals surface area contributed by atoms with E-state index in [0.717, 1.165) is 19.3 Å². The number of nitrogens with zero attached hydrogens (tertiary/aromatic N) is 2. The van der Waals surface area contributed by atoms with Gasteiger partial charge >= 0.3 is 0 Å². The highest BCUT2D eigenvalue weighted by Crippen LogP contribution is 2.33. The Morgan fingerprint density at radius 3 is 2.83 bits per heavy atom. The van der Waals surface area contributed by atoms with Crippen molar-refractivity contribution in [3.05, 3.63) is 62.8 Å². The molecular formula is C19H23N3O2. The van der Waals surface area contributed by atoms with E-state index >= 15 is 0 Å². The van der Waals surface area contributed by atoms with Gasteiger partial charge in [-0.1, -0.05) is 37.6 Å². The average molecular weight is 325 g/mol. The van der Waals surface area contributed by atoms with Gasteiger partial charge < -0.3 is 9.88 Å². The molecule has 1 aromatic heterocycles. The lowest BCUT2D eigenvalue weighted by Gasteiger charge is -2.37. The van der Waals surface area contributed by atoms with Crippen molar-refractivity contribution in [2.24, 2.45) is 0 Å². The minimum atomic E-state index is -0.405. The maximum Gasteiger partial charge on any atom is 0.279 e. The van der Waals surface area contributed by atoms with Crippen LogP contribution in [0, 0.1) is 13.8 Å². The van der Waals surface area contributed by atoms with Crippen molar-refractivity contribution in [2.75, 3.05) is 6.54 Å². The number of hydrogen-bond acceptors (Lipinski definition) is 3. The second-order valence-corrected chi connectivity index (χ2v) is 6.38. The number of amides is 1. The van der Waals surface area contributed by atoms with Gasteiger partial charge in [0.15, 0.2) is 5.69 Å². The van der Waals surface area contributed by atoms with Gasteiger partial charge in [0.1, 0.15) is 0 Å². The van der Waals surface area contributed by atoms with Crippen LogP contribution in [0.2, 0.25) is 0 Å². The highest BCUT2D eigenvalue weighted by Gasteiger charge is 2.32. The molecule has 0 fully saturated rings. The fourth-order valence-electron chi connectivity index (χ4n) is 3.38. The molecule has 1 N–H and O–H groups in total. The summed E-state index contributed by atoms with van der Waals surface area (Å²) in [5, 5.41) is 0. The summed E-state index contributed by atoms with van der Waals surface area (Å²) >= 11 is 0. The number of H-pyrrole nitrogens is 1. The summed E-state index contributed by atoms with van der Waals surface area (Å²) < 4.78 is 0. The molecule has 1 unspecified atom stereocenters. The van der Waals surface area contributed by atoms with Crippen LogP contribution in [0.1, 0.15) is 58.8 Å². The molecule has 0 aliphatic carbocycles. The molecule has 2 heterocycles. The molecule has 2 aromatic rings. The maximum absolute atomic E-state index is 13.0. The molecule has 24 heavy (non-hydrogen) atoms. The second-order valence-electron chi connectivity index (χ2n) is 6.38. The third-order valence-corrected chi connectivity index (χ3v) is 4.78. The van der Waals surface area contributed by atoms with Crippen molar-refractivity contribution in [3.63, 3.8) is 0 Å². The number of rotatable bonds is 3. The Bertz CT molecular complexity index is 826. The van der Waals surface area contributed by atoms with E-state index in [0.29, 0.717) is 17.9 Å². The van der Waals surface area contributed by atoms with Crippen molar-refractivity contribution in [2.45, 2.75) is 46.1 Å². The standard InChI is InChI=1S/C19H23N3O2/c1-4-7-16-15-9-6-5-8-14(15)10-11-22(16)19(24)17-18(23)21-13(3)12(2)20-17/h5-6,8-9,16H,4,7,10-11H2,1-3H3,(H,21,23). The molecule has 1 aromatic carbocycles. The minimum Gasteiger partial charge on any atom is -0.330 e. The molecule has 3 rings (SSSR count). The van der Waals surface area contributed by atoms with E-state index in [1.807, 2.05) is 17.0 Å². The monoisotopic (exact) mass is 325 g/mol. The molecule has 0 spiro atoms. The predicted octanol–water partition coefficient (Wildman–Crippen LogP) is 2.93. The third-order valence-electron chi connectivity index (χ3n) is 4.78. The van der Waals surface area contributed by atoms with Gasteiger partial charge in [0, 0.05) is 12.2 Å². The largest absolute Gasteiger partial charge is 0.330 e. The van der Waals surface area contributed by atoms with Crippen LogP contribution in [-0.2, 0) is 6.42 Å². The van der Waals surface area contributed by atoms with Crippen LogP contribution in [-0.4, -0.2) is 27.3 Å². The Kier molecular flexibility index (Phi) is 4.51. The van der Waals surface area contributed by atoms with Crippen LogP contribution in [0.5, 0.6) is 0 Å². The van der Waals surface area contributed by atoms with Crippen LogP contribution >= 0.6 is 0 Å². The number of nitrogens with one attached hydrogen (secondary N) is 1. The molecule has 1 atom stereocenters. The third kappa shape index (κ3) is 2.86. The second kappa shape index (κ2) is 6.59. The number of aromatic nitrogens is 2. The molecule has 1 aliphatic rings. The first-order valence-electron chi connectivity index (χ1n) is 8.49. The summed E-state index contributed by atoms with van der Waals surface area (Å²) in [5.41, 5.74) is 3.46. The van der Waals surface area contributed by atoms with Gasteiger partial charge in [0.25, 0.3) is 11.5 Å². The van der Waals surface area contributed by atoms with E-state index in [1.165, 1.54) is 11.1 Å². The number of carbonyl (C=O) groups is 1. The van der Waals surface area contributed by atoms with Gasteiger partial charge in [-0.25, -0.2) is 4.98 Å². The van der Waals surface area contributed by atoms with E-state index < -0.39 is 5.56 Å². The summed E-state index contributed by atoms with van der Waals surface area (Å²) in [7, 11) is 0. The molecular weight excluding hydrogens is 302 g/mol. The zero-order chi connectivity index (χ0) is 17.3. The van der Waals surface area contributed by atoms with E-state index in [1.54, 1.807) is 13.8 Å². The van der Waals surface area contributed by atoms with Crippen molar-refractivity contribution >= 4 is 5.91 Å². The van der Waals surface area contributed by atoms with Crippen molar-refractivity contribution < 1.29 is 4.79 Å². The highest BCUT2D eigenvalue weighted by atomic mass is 16.2. The highest BCUT2D eigenvalue weighted by molar-refractivity contribution is 5.92. The molecule has 126 valence electrons. The van der Waals surface area contributed by atoms with Crippen molar-refractivity contribution in [1.82, 2.24) is 14.9 Å². The van der Waals surface area contributed by atoms with Gasteiger partial charge in [-0.05, 0) is 37.8 Å². The lowest BCUT2D eigenvalue weighted by atomic mass is 9.90. The summed E-state index contributed by atoms with van der Waals surface area (Å²) in [5.74, 6) is -0.271. The number of fused-ring (bicyclic) bond motifs is 1. The average Bonchev–Trinajstić information content (AvgIpc) is 2.58. The molecule has 0 saturated carbocycles. The van der Waals surface area contributed by atoms with E-state index in [4.69, 9.17) is 0 Å². The molecule has 1 amide bonds. The first-order valence-corrected chi connectivity index (χ1v) is 8.49. The van der Waals surface area contributed by atoms with E-state index in [2.05, 4.69) is 29.0 Å². The maximum atomic E-state index is 13.0. The van der Waals surface area contributed by atoms with E-state index in [-0.39, 0.29) is 17.6 Å². The number of hydrogen-bond donors (Lipinski definition) is 1. The Balaban J connectivity index is 2.01. The molecule has 0 radical (unpaired) electrons. The zero-order valence-corrected chi connectivity index (χ0v) is 14.4. The quantitative estimate of drug-likeness (QED) is 0.943. The van der Waals surface area contributed by atoms with Crippen LogP contribution in [0.25, 0.3) is 0 Å². The Morgan fingerprint density at radius 2 is 2.08 bits per heavy atom. The summed E-state index contributed by atoms with van der Waals surface area (Å²) in [6, 6.07) is 8.27. The molecule has 1 aliphatic heterocycles. The lowest BCUT2D eigenvalue weighted by Crippen LogP contribution is -2.42. The lowest BCUT2D eigenvalue weighted by molar-refractivity contribution is 0.0641. The number of aromatic amines is 1. The van der Waals surface area contributed by atoms with Gasteiger partial charge in [0.05, 0.1) is 11.7 Å². The summed E-state index contributed by atoms with van der Waals surface area (Å²) in [4.78, 5) is 34.1. The van der Waals surface area contributed by atoms with Crippen LogP contribution in [0.3, 0.4) is 0 Å². The van der Waals surface area contributed by atoms with Gasteiger partial charge in [-0.2, -0.15) is 0 Å². The molecule has 0 saturated heterocycles. The van der Waals surface area contributed by atoms with Crippen LogP contribution < -0.4 is 5.56 Å². The molecule has 5 heteroatoms. The zero-order valence-electron chi connectivity index (χ0n) is 14.4. The van der Waals surface area contributed by atoms with Crippen molar-refractivity contribution in [3.8, 4) is 0 Å². The van der Waals surface area contributed by atoms with Gasteiger partial charge in [-0.15, -0.1) is 0 Å². The van der Waals surface area contributed by atoms with Crippen LogP contribution in [0.4, 0.5) is 0 Å². The Morgan fingerprint density at radius 1 is 1.33 bits per heavy atom. The fraction of sp³-hybridized carbons (Fsp3) is 0.421. The van der Waals surface area contributed by atoms with Gasteiger partial charge in [-0.3, -0.25) is 9.59 Å². The summed E-state index contributed by atoms with van der Waals surface area (Å²) in [6.45, 7) is 6.32. The predicted molar refractivity (Wildman–Crippen MR) is 93.2 cm³/mol. The smallest absolute Gasteiger partial charge is 0.279 e. The van der Waals surface area contributed by atoms with E-state index in [9.17, 15) is 9.59 Å². The molecule has 5 nitrogen and oxygen atoms in total. The minimum absolute atomic E-state index is 0.00131. The first-order chi connectivity index (χ1) is 11.5. The first kappa shape index (κ1) is 16.4. The normalized spacial score (nSPS) is 16.8. The number of benzene rings is 1. The SMILES string of the molecule is CCCC1c2ccccc2CCN1C(=O)c1nc(C)c(C)[nH]c1=O. The number of carbonyl (C=O) groups excluding carboxylic acids is 1.